The van der Waals surface area contributed by atoms with Gasteiger partial charge in [0.2, 0.25) is 0 Å². The van der Waals surface area contributed by atoms with Crippen LogP contribution in [0.4, 0.5) is 5.69 Å². The number of aryl methyl sites for hydroxylation is 2. The topological polar surface area (TPSA) is 104 Å². The molecule has 2 N–H and O–H groups in total. The van der Waals surface area contributed by atoms with E-state index in [0.717, 1.165) is 10.5 Å². The average Bonchev–Trinajstić information content (AvgIpc) is 2.61. The van der Waals surface area contributed by atoms with Crippen molar-refractivity contribution in [2.24, 2.45) is 0 Å². The van der Waals surface area contributed by atoms with Crippen molar-refractivity contribution in [3.63, 3.8) is 0 Å². The van der Waals surface area contributed by atoms with Crippen LogP contribution in [0, 0.1) is 13.8 Å². The van der Waals surface area contributed by atoms with Crippen LogP contribution in [0.2, 0.25) is 0 Å². The van der Waals surface area contributed by atoms with Crippen LogP contribution < -0.4 is 4.72 Å². The molecule has 2 rings (SSSR count). The summed E-state index contributed by atoms with van der Waals surface area (Å²) >= 11 is 0. The van der Waals surface area contributed by atoms with Crippen molar-refractivity contribution >= 4 is 27.6 Å². The summed E-state index contributed by atoms with van der Waals surface area (Å²) in [6, 6.07) is 11.2. The minimum absolute atomic E-state index is 0.0921. The third kappa shape index (κ3) is 4.85. The van der Waals surface area contributed by atoms with Crippen LogP contribution in [0.25, 0.3) is 0 Å². The zero-order chi connectivity index (χ0) is 20.2. The molecule has 8 heteroatoms. The van der Waals surface area contributed by atoms with E-state index in [0.29, 0.717) is 5.56 Å². The van der Waals surface area contributed by atoms with Gasteiger partial charge < -0.3 is 10.0 Å². The molecule has 0 spiro atoms. The normalized spacial score (nSPS) is 11.1. The number of nitrogens with zero attached hydrogens (tertiary/aromatic N) is 1. The second kappa shape index (κ2) is 8.22. The highest BCUT2D eigenvalue weighted by atomic mass is 32.2. The van der Waals surface area contributed by atoms with Gasteiger partial charge in [-0.2, -0.15) is 0 Å². The first kappa shape index (κ1) is 20.4. The predicted molar refractivity (Wildman–Crippen MR) is 102 cm³/mol. The van der Waals surface area contributed by atoms with E-state index >= 15 is 0 Å². The van der Waals surface area contributed by atoms with Crippen molar-refractivity contribution in [1.29, 1.82) is 0 Å². The van der Waals surface area contributed by atoms with Gasteiger partial charge in [0, 0.05) is 6.54 Å². The van der Waals surface area contributed by atoms with Crippen molar-refractivity contribution < 1.29 is 23.1 Å². The van der Waals surface area contributed by atoms with Crippen molar-refractivity contribution in [3.05, 3.63) is 59.2 Å². The predicted octanol–water partition coefficient (Wildman–Crippen LogP) is 2.65. The first-order chi connectivity index (χ1) is 12.7. The minimum Gasteiger partial charge on any atom is -0.480 e. The number of benzene rings is 2. The average molecular weight is 390 g/mol. The van der Waals surface area contributed by atoms with Crippen molar-refractivity contribution in [2.75, 3.05) is 17.8 Å². The lowest BCUT2D eigenvalue weighted by atomic mass is 10.1. The van der Waals surface area contributed by atoms with Gasteiger partial charge in [-0.15, -0.1) is 0 Å². The highest BCUT2D eigenvalue weighted by molar-refractivity contribution is 7.92. The number of aliphatic carboxylic acids is 1. The zero-order valence-electron chi connectivity index (χ0n) is 15.4. The van der Waals surface area contributed by atoms with E-state index in [4.69, 9.17) is 5.11 Å². The summed E-state index contributed by atoms with van der Waals surface area (Å²) in [5.41, 5.74) is 1.57. The second-order valence-electron chi connectivity index (χ2n) is 6.13. The number of carbonyl (C=O) groups is 2. The zero-order valence-corrected chi connectivity index (χ0v) is 16.2. The first-order valence-corrected chi connectivity index (χ1v) is 9.84. The summed E-state index contributed by atoms with van der Waals surface area (Å²) in [6.45, 7) is 4.86. The molecular formula is C19H22N2O5S. The summed E-state index contributed by atoms with van der Waals surface area (Å²) in [4.78, 5) is 24.9. The van der Waals surface area contributed by atoms with E-state index in [1.807, 2.05) is 6.07 Å². The molecule has 7 nitrogen and oxygen atoms in total. The monoisotopic (exact) mass is 390 g/mol. The number of likely N-dealkylation sites (N-methyl/N-ethyl adjacent to an activating group) is 1. The van der Waals surface area contributed by atoms with E-state index in [2.05, 4.69) is 4.72 Å². The van der Waals surface area contributed by atoms with Gasteiger partial charge in [-0.25, -0.2) is 8.42 Å². The fraction of sp³-hybridized carbons (Fsp3) is 0.263. The number of rotatable bonds is 7. The third-order valence-corrected chi connectivity index (χ3v) is 5.54. The number of amides is 1. The molecule has 0 heterocycles. The maximum absolute atomic E-state index is 12.8. The number of anilines is 1. The van der Waals surface area contributed by atoms with Crippen LogP contribution in [0.15, 0.2) is 47.4 Å². The van der Waals surface area contributed by atoms with Gasteiger partial charge in [0.1, 0.15) is 6.54 Å². The Labute approximate surface area is 158 Å². The number of para-hydroxylation sites is 1. The summed E-state index contributed by atoms with van der Waals surface area (Å²) in [7, 11) is -3.92. The van der Waals surface area contributed by atoms with Crippen LogP contribution in [0.5, 0.6) is 0 Å². The molecule has 0 saturated heterocycles. The molecule has 144 valence electrons. The summed E-state index contributed by atoms with van der Waals surface area (Å²) < 4.78 is 28.1. The lowest BCUT2D eigenvalue weighted by molar-refractivity contribution is -0.137. The number of carboxylic acids is 1. The lowest BCUT2D eigenvalue weighted by Gasteiger charge is -2.21. The van der Waals surface area contributed by atoms with Gasteiger partial charge in [0.05, 0.1) is 16.1 Å². The Morgan fingerprint density at radius 2 is 1.78 bits per heavy atom. The van der Waals surface area contributed by atoms with E-state index < -0.39 is 28.4 Å². The van der Waals surface area contributed by atoms with E-state index in [9.17, 15) is 18.0 Å². The molecule has 0 atom stereocenters. The fourth-order valence-electron chi connectivity index (χ4n) is 2.62. The fourth-order valence-corrected chi connectivity index (χ4v) is 4.03. The van der Waals surface area contributed by atoms with E-state index in [1.165, 1.54) is 12.1 Å². The Morgan fingerprint density at radius 1 is 1.11 bits per heavy atom. The largest absolute Gasteiger partial charge is 0.480 e. The van der Waals surface area contributed by atoms with Crippen LogP contribution in [-0.4, -0.2) is 43.4 Å². The quantitative estimate of drug-likeness (QED) is 0.756. The molecule has 0 aliphatic rings. The summed E-state index contributed by atoms with van der Waals surface area (Å²) in [6.07, 6.45) is 0. The highest BCUT2D eigenvalue weighted by Gasteiger charge is 2.23. The SMILES string of the molecule is CCN(CC(=O)O)C(=O)c1ccccc1NS(=O)(=O)c1cc(C)ccc1C. The van der Waals surface area contributed by atoms with Gasteiger partial charge in [-0.3, -0.25) is 14.3 Å². The molecule has 27 heavy (non-hydrogen) atoms. The standard InChI is InChI=1S/C19H22N2O5S/c1-4-21(12-18(22)23)19(24)15-7-5-6-8-16(15)20-27(25,26)17-11-13(2)9-10-14(17)3/h5-11,20H,4,12H2,1-3H3,(H,22,23). The minimum atomic E-state index is -3.92. The Bertz CT molecular complexity index is 970. The number of carbonyl (C=O) groups excluding carboxylic acids is 1. The molecule has 0 bridgehead atoms. The molecule has 0 aromatic heterocycles. The Balaban J connectivity index is 2.42. The Kier molecular flexibility index (Phi) is 6.22. The molecule has 0 aliphatic carbocycles. The molecule has 2 aromatic carbocycles. The summed E-state index contributed by atoms with van der Waals surface area (Å²) in [5, 5.41) is 8.97. The number of sulfonamides is 1. The number of hydrogen-bond donors (Lipinski definition) is 2. The van der Waals surface area contributed by atoms with Crippen molar-refractivity contribution in [2.45, 2.75) is 25.7 Å². The third-order valence-electron chi connectivity index (χ3n) is 4.03. The van der Waals surface area contributed by atoms with Gasteiger partial charge >= 0.3 is 5.97 Å². The van der Waals surface area contributed by atoms with Gasteiger partial charge in [0.15, 0.2) is 0 Å². The van der Waals surface area contributed by atoms with Crippen LogP contribution in [0.3, 0.4) is 0 Å². The van der Waals surface area contributed by atoms with Gasteiger partial charge in [0.25, 0.3) is 15.9 Å². The molecule has 1 amide bonds. The van der Waals surface area contributed by atoms with Crippen molar-refractivity contribution in [3.8, 4) is 0 Å². The van der Waals surface area contributed by atoms with E-state index in [-0.39, 0.29) is 22.7 Å². The first-order valence-electron chi connectivity index (χ1n) is 8.36. The lowest BCUT2D eigenvalue weighted by Crippen LogP contribution is -2.36. The summed E-state index contributed by atoms with van der Waals surface area (Å²) in [5.74, 6) is -1.70. The molecule has 0 unspecified atom stereocenters. The van der Waals surface area contributed by atoms with Gasteiger partial charge in [-0.1, -0.05) is 24.3 Å². The number of hydrogen-bond acceptors (Lipinski definition) is 4. The second-order valence-corrected chi connectivity index (χ2v) is 7.78. The maximum Gasteiger partial charge on any atom is 0.323 e. The highest BCUT2D eigenvalue weighted by Crippen LogP contribution is 2.24. The van der Waals surface area contributed by atoms with Crippen LogP contribution in [0.1, 0.15) is 28.4 Å². The van der Waals surface area contributed by atoms with Crippen molar-refractivity contribution in [1.82, 2.24) is 4.90 Å². The van der Waals surface area contributed by atoms with Crippen LogP contribution in [-0.2, 0) is 14.8 Å². The molecule has 0 saturated carbocycles. The van der Waals surface area contributed by atoms with E-state index in [1.54, 1.807) is 45.0 Å². The van der Waals surface area contributed by atoms with Gasteiger partial charge in [-0.05, 0) is 50.1 Å². The molecule has 0 aliphatic heterocycles. The number of carboxylic acid groups (broad SMARTS) is 1. The van der Waals surface area contributed by atoms with Crippen LogP contribution >= 0.6 is 0 Å². The molecule has 2 aromatic rings. The number of nitrogens with one attached hydrogen (secondary N) is 1. The molecule has 0 fully saturated rings. The molecule has 0 radical (unpaired) electrons. The Hall–Kier alpha value is -2.87. The molecular weight excluding hydrogens is 368 g/mol. The Morgan fingerprint density at radius 3 is 2.41 bits per heavy atom. The maximum atomic E-state index is 12.8. The smallest absolute Gasteiger partial charge is 0.323 e.